The average Bonchev–Trinajstić information content (AvgIpc) is 2.52. The summed E-state index contributed by atoms with van der Waals surface area (Å²) in [5, 5.41) is 2.76. The number of ether oxygens (including phenoxy) is 1. The molecule has 1 amide bonds. The molecule has 0 aromatic heterocycles. The van der Waals surface area contributed by atoms with Crippen LogP contribution in [0.25, 0.3) is 0 Å². The van der Waals surface area contributed by atoms with Gasteiger partial charge in [0.25, 0.3) is 5.91 Å². The van der Waals surface area contributed by atoms with E-state index in [0.29, 0.717) is 25.0 Å². The molecule has 0 saturated carbocycles. The standard InChI is InChI=1S/C10H15NO2/c1-4-10(12)11-9-6-13-5-8(9)7(2)3/h1,7-9H,5-6H2,2-3H3,(H,11,12). The van der Waals surface area contributed by atoms with Crippen LogP contribution < -0.4 is 5.32 Å². The highest BCUT2D eigenvalue weighted by Crippen LogP contribution is 2.21. The lowest BCUT2D eigenvalue weighted by Gasteiger charge is -2.20. The zero-order valence-electron chi connectivity index (χ0n) is 8.04. The second kappa shape index (κ2) is 4.29. The van der Waals surface area contributed by atoms with E-state index in [0.717, 1.165) is 0 Å². The van der Waals surface area contributed by atoms with Crippen LogP contribution in [0.1, 0.15) is 13.8 Å². The normalized spacial score (nSPS) is 27.2. The molecule has 0 spiro atoms. The summed E-state index contributed by atoms with van der Waals surface area (Å²) in [6.45, 7) is 5.53. The first-order valence-electron chi connectivity index (χ1n) is 4.50. The van der Waals surface area contributed by atoms with Crippen LogP contribution in [-0.4, -0.2) is 25.2 Å². The van der Waals surface area contributed by atoms with Crippen molar-refractivity contribution in [2.75, 3.05) is 13.2 Å². The van der Waals surface area contributed by atoms with Crippen molar-refractivity contribution in [2.24, 2.45) is 11.8 Å². The maximum atomic E-state index is 10.9. The lowest BCUT2D eigenvalue weighted by atomic mass is 9.91. The molecule has 13 heavy (non-hydrogen) atoms. The Morgan fingerprint density at radius 3 is 2.85 bits per heavy atom. The maximum absolute atomic E-state index is 10.9. The molecule has 0 aromatic rings. The van der Waals surface area contributed by atoms with Crippen molar-refractivity contribution < 1.29 is 9.53 Å². The van der Waals surface area contributed by atoms with Gasteiger partial charge in [0.05, 0.1) is 19.3 Å². The summed E-state index contributed by atoms with van der Waals surface area (Å²) in [7, 11) is 0. The molecule has 3 nitrogen and oxygen atoms in total. The van der Waals surface area contributed by atoms with Crippen LogP contribution >= 0.6 is 0 Å². The van der Waals surface area contributed by atoms with E-state index < -0.39 is 0 Å². The van der Waals surface area contributed by atoms with Crippen molar-refractivity contribution in [3.8, 4) is 12.3 Å². The van der Waals surface area contributed by atoms with Gasteiger partial charge in [-0.25, -0.2) is 0 Å². The van der Waals surface area contributed by atoms with Gasteiger partial charge < -0.3 is 10.1 Å². The zero-order chi connectivity index (χ0) is 9.84. The second-order valence-corrected chi connectivity index (χ2v) is 3.67. The molecule has 3 heteroatoms. The Morgan fingerprint density at radius 1 is 1.62 bits per heavy atom. The Morgan fingerprint density at radius 2 is 2.31 bits per heavy atom. The van der Waals surface area contributed by atoms with Crippen molar-refractivity contribution in [3.63, 3.8) is 0 Å². The first kappa shape index (κ1) is 10.1. The lowest BCUT2D eigenvalue weighted by molar-refractivity contribution is -0.116. The van der Waals surface area contributed by atoms with Gasteiger partial charge in [0.2, 0.25) is 0 Å². The molecule has 1 aliphatic rings. The predicted molar refractivity (Wildman–Crippen MR) is 49.9 cm³/mol. The Bertz CT molecular complexity index is 230. The minimum absolute atomic E-state index is 0.0866. The number of rotatable bonds is 2. The quantitative estimate of drug-likeness (QED) is 0.626. The molecule has 2 atom stereocenters. The van der Waals surface area contributed by atoms with Gasteiger partial charge in [0, 0.05) is 5.92 Å². The SMILES string of the molecule is C#CC(=O)NC1COCC1C(C)C. The Labute approximate surface area is 78.8 Å². The third kappa shape index (κ3) is 2.46. The highest BCUT2D eigenvalue weighted by atomic mass is 16.5. The Balaban J connectivity index is 2.50. The number of terminal acetylenes is 1. The number of amides is 1. The highest BCUT2D eigenvalue weighted by Gasteiger charge is 2.31. The van der Waals surface area contributed by atoms with Crippen molar-refractivity contribution in [1.82, 2.24) is 5.32 Å². The zero-order valence-corrected chi connectivity index (χ0v) is 8.04. The summed E-state index contributed by atoms with van der Waals surface area (Å²) < 4.78 is 5.29. The van der Waals surface area contributed by atoms with Crippen molar-refractivity contribution >= 4 is 5.91 Å². The maximum Gasteiger partial charge on any atom is 0.295 e. The second-order valence-electron chi connectivity index (χ2n) is 3.67. The summed E-state index contributed by atoms with van der Waals surface area (Å²) in [4.78, 5) is 10.9. The van der Waals surface area contributed by atoms with Crippen LogP contribution in [0.2, 0.25) is 0 Å². The van der Waals surface area contributed by atoms with Gasteiger partial charge in [-0.1, -0.05) is 13.8 Å². The van der Waals surface area contributed by atoms with Gasteiger partial charge >= 0.3 is 0 Å². The van der Waals surface area contributed by atoms with E-state index in [4.69, 9.17) is 11.2 Å². The molecule has 0 radical (unpaired) electrons. The molecule has 0 aromatic carbocycles. The van der Waals surface area contributed by atoms with Crippen LogP contribution in [0, 0.1) is 24.2 Å². The molecule has 1 aliphatic heterocycles. The van der Waals surface area contributed by atoms with E-state index in [1.807, 2.05) is 5.92 Å². The summed E-state index contributed by atoms with van der Waals surface area (Å²) in [6.07, 6.45) is 4.97. The molecule has 72 valence electrons. The van der Waals surface area contributed by atoms with Gasteiger partial charge in [-0.05, 0) is 11.8 Å². The lowest BCUT2D eigenvalue weighted by Crippen LogP contribution is -2.40. The van der Waals surface area contributed by atoms with Gasteiger partial charge in [0.15, 0.2) is 0 Å². The van der Waals surface area contributed by atoms with E-state index in [9.17, 15) is 4.79 Å². The largest absolute Gasteiger partial charge is 0.379 e. The summed E-state index contributed by atoms with van der Waals surface area (Å²) >= 11 is 0. The average molecular weight is 181 g/mol. The number of hydrogen-bond acceptors (Lipinski definition) is 2. The fraction of sp³-hybridized carbons (Fsp3) is 0.700. The topological polar surface area (TPSA) is 38.3 Å². The van der Waals surface area contributed by atoms with Gasteiger partial charge in [-0.2, -0.15) is 0 Å². The van der Waals surface area contributed by atoms with Crippen LogP contribution in [0.4, 0.5) is 0 Å². The van der Waals surface area contributed by atoms with Crippen LogP contribution in [-0.2, 0) is 9.53 Å². The third-order valence-corrected chi connectivity index (χ3v) is 2.43. The number of carbonyl (C=O) groups is 1. The van der Waals surface area contributed by atoms with Crippen molar-refractivity contribution in [1.29, 1.82) is 0 Å². The molecule has 1 heterocycles. The third-order valence-electron chi connectivity index (χ3n) is 2.43. The molecule has 0 aliphatic carbocycles. The van der Waals surface area contributed by atoms with Crippen LogP contribution in [0.5, 0.6) is 0 Å². The van der Waals surface area contributed by atoms with E-state index in [1.165, 1.54) is 0 Å². The molecule has 1 rings (SSSR count). The molecule has 2 unspecified atom stereocenters. The number of carbonyl (C=O) groups excluding carboxylic acids is 1. The smallest absolute Gasteiger partial charge is 0.295 e. The fourth-order valence-electron chi connectivity index (χ4n) is 1.59. The monoisotopic (exact) mass is 181 g/mol. The Hall–Kier alpha value is -1.01. The van der Waals surface area contributed by atoms with Crippen LogP contribution in [0.3, 0.4) is 0 Å². The minimum Gasteiger partial charge on any atom is -0.379 e. The predicted octanol–water partition coefficient (Wildman–Crippen LogP) is 0.407. The van der Waals surface area contributed by atoms with Crippen molar-refractivity contribution in [3.05, 3.63) is 0 Å². The molecule has 1 fully saturated rings. The van der Waals surface area contributed by atoms with E-state index in [1.54, 1.807) is 0 Å². The van der Waals surface area contributed by atoms with E-state index >= 15 is 0 Å². The number of nitrogens with one attached hydrogen (secondary N) is 1. The molecule has 1 saturated heterocycles. The Kier molecular flexibility index (Phi) is 3.32. The first-order chi connectivity index (χ1) is 6.15. The fourth-order valence-corrected chi connectivity index (χ4v) is 1.59. The molecular formula is C10H15NO2. The van der Waals surface area contributed by atoms with Gasteiger partial charge in [-0.3, -0.25) is 4.79 Å². The number of hydrogen-bond donors (Lipinski definition) is 1. The summed E-state index contributed by atoms with van der Waals surface area (Å²) in [5.74, 6) is 2.59. The highest BCUT2D eigenvalue weighted by molar-refractivity contribution is 5.93. The van der Waals surface area contributed by atoms with Crippen LogP contribution in [0.15, 0.2) is 0 Å². The van der Waals surface area contributed by atoms with Crippen molar-refractivity contribution in [2.45, 2.75) is 19.9 Å². The first-order valence-corrected chi connectivity index (χ1v) is 4.50. The summed E-state index contributed by atoms with van der Waals surface area (Å²) in [5.41, 5.74) is 0. The van der Waals surface area contributed by atoms with Gasteiger partial charge in [-0.15, -0.1) is 6.42 Å². The molecular weight excluding hydrogens is 166 g/mol. The minimum atomic E-state index is -0.346. The molecule has 0 bridgehead atoms. The summed E-state index contributed by atoms with van der Waals surface area (Å²) in [6, 6.07) is 0.0866. The van der Waals surface area contributed by atoms with E-state index in [2.05, 4.69) is 19.2 Å². The van der Waals surface area contributed by atoms with E-state index in [-0.39, 0.29) is 11.9 Å². The van der Waals surface area contributed by atoms with Gasteiger partial charge in [0.1, 0.15) is 0 Å². The molecule has 1 N–H and O–H groups in total.